The van der Waals surface area contributed by atoms with Gasteiger partial charge in [0.1, 0.15) is 12.1 Å². The van der Waals surface area contributed by atoms with Crippen molar-refractivity contribution in [3.8, 4) is 0 Å². The van der Waals surface area contributed by atoms with Crippen LogP contribution in [-0.2, 0) is 14.3 Å². The smallest absolute Gasteiger partial charge is 0.410 e. The van der Waals surface area contributed by atoms with Crippen LogP contribution in [0.5, 0.6) is 0 Å². The maximum atomic E-state index is 13.0. The summed E-state index contributed by atoms with van der Waals surface area (Å²) in [6.07, 6.45) is 3.50. The Kier molecular flexibility index (Phi) is 6.52. The summed E-state index contributed by atoms with van der Waals surface area (Å²) in [5, 5.41) is 0. The molecule has 3 heterocycles. The quantitative estimate of drug-likeness (QED) is 0.739. The molecule has 0 bridgehead atoms. The summed E-state index contributed by atoms with van der Waals surface area (Å²) in [4.78, 5) is 49.5. The van der Waals surface area contributed by atoms with Crippen molar-refractivity contribution in [3.63, 3.8) is 0 Å². The molecule has 30 heavy (non-hydrogen) atoms. The Balaban J connectivity index is 1.45. The second-order valence-corrected chi connectivity index (χ2v) is 8.68. The van der Waals surface area contributed by atoms with E-state index in [1.807, 2.05) is 20.8 Å². The molecule has 2 fully saturated rings. The van der Waals surface area contributed by atoms with Crippen LogP contribution < -0.4 is 4.90 Å². The molecule has 2 saturated heterocycles. The summed E-state index contributed by atoms with van der Waals surface area (Å²) in [6, 6.07) is 0. The van der Waals surface area contributed by atoms with Gasteiger partial charge in [0.25, 0.3) is 0 Å². The number of halogens is 1. The van der Waals surface area contributed by atoms with E-state index in [0.717, 1.165) is 25.2 Å². The van der Waals surface area contributed by atoms with Gasteiger partial charge in [-0.15, -0.1) is 0 Å². The standard InChI is InChI=1S/C20H28FN5O4/c1-20(2,3)30-19(29)24-6-4-14(5-7-24)10-16(27)25-8-9-26(17(28)13-25)18-22-11-15(21)12-23-18/h11-12,14H,4-10,13H2,1-3H3. The van der Waals surface area contributed by atoms with Crippen LogP contribution in [0.2, 0.25) is 0 Å². The number of nitrogens with zero attached hydrogens (tertiary/aromatic N) is 5. The van der Waals surface area contributed by atoms with Gasteiger partial charge in [-0.1, -0.05) is 0 Å². The molecule has 0 aromatic carbocycles. The third-order valence-corrected chi connectivity index (χ3v) is 5.15. The number of carbonyl (C=O) groups is 3. The molecule has 0 spiro atoms. The number of hydrogen-bond acceptors (Lipinski definition) is 6. The number of aromatic nitrogens is 2. The molecule has 0 atom stereocenters. The van der Waals surface area contributed by atoms with E-state index in [4.69, 9.17) is 4.74 Å². The highest BCUT2D eigenvalue weighted by molar-refractivity contribution is 5.96. The third-order valence-electron chi connectivity index (χ3n) is 5.15. The van der Waals surface area contributed by atoms with E-state index in [1.165, 1.54) is 4.90 Å². The van der Waals surface area contributed by atoms with E-state index in [-0.39, 0.29) is 42.9 Å². The fourth-order valence-electron chi connectivity index (χ4n) is 3.56. The summed E-state index contributed by atoms with van der Waals surface area (Å²) in [5.74, 6) is -0.620. The zero-order chi connectivity index (χ0) is 21.9. The first-order chi connectivity index (χ1) is 14.1. The van der Waals surface area contributed by atoms with Crippen molar-refractivity contribution in [1.82, 2.24) is 19.8 Å². The maximum Gasteiger partial charge on any atom is 0.410 e. The van der Waals surface area contributed by atoms with Gasteiger partial charge in [-0.25, -0.2) is 19.2 Å². The Labute approximate surface area is 175 Å². The van der Waals surface area contributed by atoms with Gasteiger partial charge in [-0.05, 0) is 39.5 Å². The van der Waals surface area contributed by atoms with Crippen LogP contribution in [0.4, 0.5) is 15.1 Å². The molecule has 0 radical (unpaired) electrons. The average molecular weight is 421 g/mol. The Morgan fingerprint density at radius 2 is 1.73 bits per heavy atom. The topological polar surface area (TPSA) is 95.9 Å². The zero-order valence-electron chi connectivity index (χ0n) is 17.6. The SMILES string of the molecule is CC(C)(C)OC(=O)N1CCC(CC(=O)N2CCN(c3ncc(F)cn3)C(=O)C2)CC1. The minimum atomic E-state index is -0.572. The molecule has 164 valence electrons. The lowest BCUT2D eigenvalue weighted by molar-refractivity contribution is -0.137. The number of hydrogen-bond donors (Lipinski definition) is 0. The van der Waals surface area contributed by atoms with Crippen molar-refractivity contribution in [2.24, 2.45) is 5.92 Å². The van der Waals surface area contributed by atoms with Crippen molar-refractivity contribution in [2.75, 3.05) is 37.6 Å². The monoisotopic (exact) mass is 421 g/mol. The highest BCUT2D eigenvalue weighted by Crippen LogP contribution is 2.23. The lowest BCUT2D eigenvalue weighted by Gasteiger charge is -2.36. The molecule has 0 aliphatic carbocycles. The predicted octanol–water partition coefficient (Wildman–Crippen LogP) is 1.83. The van der Waals surface area contributed by atoms with Gasteiger partial charge in [-0.2, -0.15) is 0 Å². The average Bonchev–Trinajstić information content (AvgIpc) is 2.68. The van der Waals surface area contributed by atoms with Crippen LogP contribution in [-0.4, -0.2) is 76.0 Å². The Morgan fingerprint density at radius 1 is 1.10 bits per heavy atom. The lowest BCUT2D eigenvalue weighted by Crippen LogP contribution is -2.53. The number of ether oxygens (including phenoxy) is 1. The fraction of sp³-hybridized carbons (Fsp3) is 0.650. The van der Waals surface area contributed by atoms with Crippen LogP contribution in [0.15, 0.2) is 12.4 Å². The molecule has 2 aliphatic rings. The summed E-state index contributed by atoms with van der Waals surface area (Å²) >= 11 is 0. The van der Waals surface area contributed by atoms with Gasteiger partial charge < -0.3 is 14.5 Å². The van der Waals surface area contributed by atoms with Crippen molar-refractivity contribution < 1.29 is 23.5 Å². The van der Waals surface area contributed by atoms with Crippen molar-refractivity contribution in [2.45, 2.75) is 45.6 Å². The molecular formula is C20H28FN5O4. The fourth-order valence-corrected chi connectivity index (χ4v) is 3.56. The molecule has 1 aromatic heterocycles. The van der Waals surface area contributed by atoms with Gasteiger partial charge in [-0.3, -0.25) is 14.5 Å². The van der Waals surface area contributed by atoms with Crippen molar-refractivity contribution in [1.29, 1.82) is 0 Å². The Hall–Kier alpha value is -2.78. The predicted molar refractivity (Wildman–Crippen MR) is 106 cm³/mol. The minimum Gasteiger partial charge on any atom is -0.444 e. The van der Waals surface area contributed by atoms with Gasteiger partial charge >= 0.3 is 6.09 Å². The van der Waals surface area contributed by atoms with E-state index < -0.39 is 11.4 Å². The normalized spacial score (nSPS) is 18.5. The van der Waals surface area contributed by atoms with Gasteiger partial charge in [0.2, 0.25) is 17.8 Å². The summed E-state index contributed by atoms with van der Waals surface area (Å²) in [7, 11) is 0. The molecule has 9 nitrogen and oxygen atoms in total. The van der Waals surface area contributed by atoms with E-state index in [2.05, 4.69) is 9.97 Å². The van der Waals surface area contributed by atoms with Crippen molar-refractivity contribution in [3.05, 3.63) is 18.2 Å². The van der Waals surface area contributed by atoms with E-state index in [1.54, 1.807) is 9.80 Å². The van der Waals surface area contributed by atoms with Gasteiger partial charge in [0.15, 0.2) is 5.82 Å². The van der Waals surface area contributed by atoms with Crippen LogP contribution in [0.1, 0.15) is 40.0 Å². The second-order valence-electron chi connectivity index (χ2n) is 8.68. The van der Waals surface area contributed by atoms with Gasteiger partial charge in [0, 0.05) is 32.6 Å². The van der Waals surface area contributed by atoms with Crippen LogP contribution in [0.3, 0.4) is 0 Å². The Bertz CT molecular complexity index is 787. The second kappa shape index (κ2) is 8.93. The first-order valence-electron chi connectivity index (χ1n) is 10.2. The highest BCUT2D eigenvalue weighted by Gasteiger charge is 2.32. The number of piperazine rings is 1. The summed E-state index contributed by atoms with van der Waals surface area (Å²) < 4.78 is 18.4. The van der Waals surface area contributed by atoms with Gasteiger partial charge in [0.05, 0.1) is 12.4 Å². The number of rotatable bonds is 3. The van der Waals surface area contributed by atoms with E-state index in [9.17, 15) is 18.8 Å². The maximum absolute atomic E-state index is 13.0. The summed E-state index contributed by atoms with van der Waals surface area (Å²) in [6.45, 7) is 7.22. The number of likely N-dealkylation sites (tertiary alicyclic amines) is 1. The molecule has 3 rings (SSSR count). The summed E-state index contributed by atoms with van der Waals surface area (Å²) in [5.41, 5.74) is -0.530. The van der Waals surface area contributed by atoms with Crippen molar-refractivity contribution >= 4 is 23.9 Å². The third kappa shape index (κ3) is 5.64. The molecule has 0 N–H and O–H groups in total. The number of carbonyl (C=O) groups excluding carboxylic acids is 3. The lowest BCUT2D eigenvalue weighted by atomic mass is 9.93. The first-order valence-corrected chi connectivity index (χ1v) is 10.2. The van der Waals surface area contributed by atoms with Crippen LogP contribution in [0.25, 0.3) is 0 Å². The first kappa shape index (κ1) is 21.9. The minimum absolute atomic E-state index is 0.0453. The van der Waals surface area contributed by atoms with Crippen LogP contribution >= 0.6 is 0 Å². The Morgan fingerprint density at radius 3 is 2.30 bits per heavy atom. The molecule has 2 aliphatic heterocycles. The highest BCUT2D eigenvalue weighted by atomic mass is 19.1. The molecule has 0 saturated carbocycles. The van der Waals surface area contributed by atoms with E-state index >= 15 is 0 Å². The largest absolute Gasteiger partial charge is 0.444 e. The molecule has 10 heteroatoms. The van der Waals surface area contributed by atoms with E-state index in [0.29, 0.717) is 26.1 Å². The molecule has 1 aromatic rings. The molecular weight excluding hydrogens is 393 g/mol. The number of piperidine rings is 1. The number of amides is 3. The molecule has 0 unspecified atom stereocenters. The zero-order valence-corrected chi connectivity index (χ0v) is 17.6. The molecule has 3 amide bonds. The number of anilines is 1. The van der Waals surface area contributed by atoms with Crippen LogP contribution in [0, 0.1) is 11.7 Å².